The van der Waals surface area contributed by atoms with Gasteiger partial charge in [0.1, 0.15) is 11.6 Å². The molecule has 1 atom stereocenters. The summed E-state index contributed by atoms with van der Waals surface area (Å²) in [5.41, 5.74) is -0.230. The van der Waals surface area contributed by atoms with Crippen molar-refractivity contribution in [2.75, 3.05) is 6.54 Å². The largest absolute Gasteiger partial charge is 0.351 e. The molecule has 0 aliphatic heterocycles. The highest BCUT2D eigenvalue weighted by Crippen LogP contribution is 2.09. The van der Waals surface area contributed by atoms with Crippen molar-refractivity contribution in [1.29, 1.82) is 5.26 Å². The van der Waals surface area contributed by atoms with Crippen molar-refractivity contribution in [2.24, 2.45) is 5.92 Å². The van der Waals surface area contributed by atoms with Gasteiger partial charge in [-0.1, -0.05) is 0 Å². The summed E-state index contributed by atoms with van der Waals surface area (Å²) < 4.78 is 25.7. The number of benzene rings is 1. The molecule has 1 aromatic rings. The van der Waals surface area contributed by atoms with E-state index in [9.17, 15) is 13.6 Å². The number of nitriles is 1. The lowest BCUT2D eigenvalue weighted by Gasteiger charge is -2.06. The maximum atomic E-state index is 13.1. The summed E-state index contributed by atoms with van der Waals surface area (Å²) in [6.45, 7) is 1.76. The molecule has 0 aliphatic carbocycles. The maximum absolute atomic E-state index is 13.1. The first-order chi connectivity index (χ1) is 7.54. The van der Waals surface area contributed by atoms with Crippen LogP contribution in [-0.4, -0.2) is 12.5 Å². The molecule has 0 bridgehead atoms. The first-order valence-electron chi connectivity index (χ1n) is 4.67. The molecule has 1 amide bonds. The Morgan fingerprint density at radius 3 is 2.81 bits per heavy atom. The Kier molecular flexibility index (Phi) is 3.95. The van der Waals surface area contributed by atoms with Crippen molar-refractivity contribution in [3.8, 4) is 6.07 Å². The van der Waals surface area contributed by atoms with Gasteiger partial charge in [0.25, 0.3) is 5.91 Å². The van der Waals surface area contributed by atoms with E-state index in [1.54, 1.807) is 6.92 Å². The second-order valence-electron chi connectivity index (χ2n) is 3.36. The molecular weight excluding hydrogens is 214 g/mol. The summed E-state index contributed by atoms with van der Waals surface area (Å²) in [5, 5.41) is 10.9. The lowest BCUT2D eigenvalue weighted by Crippen LogP contribution is -2.28. The minimum atomic E-state index is -0.915. The number of carbonyl (C=O) groups is 1. The lowest BCUT2D eigenvalue weighted by molar-refractivity contribution is 0.0946. The number of hydrogen-bond acceptors (Lipinski definition) is 2. The van der Waals surface area contributed by atoms with Crippen LogP contribution in [0.3, 0.4) is 0 Å². The van der Waals surface area contributed by atoms with E-state index < -0.39 is 17.5 Å². The molecule has 5 heteroatoms. The van der Waals surface area contributed by atoms with Gasteiger partial charge in [-0.05, 0) is 19.1 Å². The van der Waals surface area contributed by atoms with Crippen molar-refractivity contribution < 1.29 is 13.6 Å². The molecule has 0 fully saturated rings. The van der Waals surface area contributed by atoms with Crippen LogP contribution in [0.5, 0.6) is 0 Å². The lowest BCUT2D eigenvalue weighted by atomic mass is 10.1. The predicted octanol–water partition coefficient (Wildman–Crippen LogP) is 1.85. The second kappa shape index (κ2) is 5.21. The van der Waals surface area contributed by atoms with E-state index in [1.165, 1.54) is 0 Å². The first-order valence-corrected chi connectivity index (χ1v) is 4.67. The summed E-state index contributed by atoms with van der Waals surface area (Å²) in [4.78, 5) is 11.4. The fraction of sp³-hybridized carbons (Fsp3) is 0.273. The zero-order valence-electron chi connectivity index (χ0n) is 8.63. The van der Waals surface area contributed by atoms with Crippen LogP contribution in [-0.2, 0) is 0 Å². The summed E-state index contributed by atoms with van der Waals surface area (Å²) in [5.74, 6) is -2.66. The Labute approximate surface area is 91.7 Å². The maximum Gasteiger partial charge on any atom is 0.254 e. The van der Waals surface area contributed by atoms with Crippen LogP contribution in [0.1, 0.15) is 17.3 Å². The average molecular weight is 224 g/mol. The molecule has 0 spiro atoms. The Balaban J connectivity index is 2.71. The average Bonchev–Trinajstić information content (AvgIpc) is 2.25. The van der Waals surface area contributed by atoms with Gasteiger partial charge in [-0.15, -0.1) is 0 Å². The van der Waals surface area contributed by atoms with Gasteiger partial charge in [-0.25, -0.2) is 8.78 Å². The highest BCUT2D eigenvalue weighted by Gasteiger charge is 2.12. The third kappa shape index (κ3) is 3.02. The fourth-order valence-electron chi connectivity index (χ4n) is 1.06. The molecule has 1 rings (SSSR count). The summed E-state index contributed by atoms with van der Waals surface area (Å²) in [6, 6.07) is 4.64. The van der Waals surface area contributed by atoms with E-state index >= 15 is 0 Å². The molecule has 3 nitrogen and oxygen atoms in total. The van der Waals surface area contributed by atoms with Gasteiger partial charge in [0.2, 0.25) is 0 Å². The smallest absolute Gasteiger partial charge is 0.254 e. The van der Waals surface area contributed by atoms with E-state index in [2.05, 4.69) is 5.32 Å². The molecule has 0 aliphatic rings. The molecule has 1 N–H and O–H groups in total. The quantitative estimate of drug-likeness (QED) is 0.851. The molecule has 0 radical (unpaired) electrons. The normalized spacial score (nSPS) is 11.6. The molecule has 1 aromatic carbocycles. The molecular formula is C11H10F2N2O. The Morgan fingerprint density at radius 1 is 1.56 bits per heavy atom. The number of nitrogens with one attached hydrogen (secondary N) is 1. The SMILES string of the molecule is CC(C#N)CNC(=O)c1ccc(F)cc1F. The van der Waals surface area contributed by atoms with Gasteiger partial charge in [-0.2, -0.15) is 5.26 Å². The number of amides is 1. The van der Waals surface area contributed by atoms with Crippen LogP contribution >= 0.6 is 0 Å². The highest BCUT2D eigenvalue weighted by atomic mass is 19.1. The van der Waals surface area contributed by atoms with Gasteiger partial charge < -0.3 is 5.32 Å². The topological polar surface area (TPSA) is 52.9 Å². The number of halogens is 2. The zero-order valence-corrected chi connectivity index (χ0v) is 8.63. The van der Waals surface area contributed by atoms with E-state index in [0.29, 0.717) is 6.07 Å². The van der Waals surface area contributed by atoms with Gasteiger partial charge >= 0.3 is 0 Å². The standard InChI is InChI=1S/C11H10F2N2O/c1-7(5-14)6-15-11(16)9-3-2-8(12)4-10(9)13/h2-4,7H,6H2,1H3,(H,15,16). The van der Waals surface area contributed by atoms with Crippen LogP contribution < -0.4 is 5.32 Å². The summed E-state index contributed by atoms with van der Waals surface area (Å²) in [6.07, 6.45) is 0. The number of carbonyl (C=O) groups excluding carboxylic acids is 1. The third-order valence-electron chi connectivity index (χ3n) is 1.96. The number of rotatable bonds is 3. The Bertz CT molecular complexity index is 440. The van der Waals surface area contributed by atoms with Gasteiger partial charge in [-0.3, -0.25) is 4.79 Å². The Morgan fingerprint density at radius 2 is 2.25 bits per heavy atom. The van der Waals surface area contributed by atoms with Crippen molar-refractivity contribution >= 4 is 5.91 Å². The summed E-state index contributed by atoms with van der Waals surface area (Å²) >= 11 is 0. The van der Waals surface area contributed by atoms with Gasteiger partial charge in [0.05, 0.1) is 17.6 Å². The van der Waals surface area contributed by atoms with Crippen LogP contribution in [0.15, 0.2) is 18.2 Å². The van der Waals surface area contributed by atoms with E-state index in [1.807, 2.05) is 6.07 Å². The molecule has 0 saturated heterocycles. The minimum absolute atomic E-state index is 0.131. The summed E-state index contributed by atoms with van der Waals surface area (Å²) in [7, 11) is 0. The fourth-order valence-corrected chi connectivity index (χ4v) is 1.06. The van der Waals surface area contributed by atoms with Crippen LogP contribution in [0.25, 0.3) is 0 Å². The van der Waals surface area contributed by atoms with E-state index in [-0.39, 0.29) is 18.0 Å². The predicted molar refractivity (Wildman–Crippen MR) is 53.5 cm³/mol. The number of nitrogens with zero attached hydrogens (tertiary/aromatic N) is 1. The molecule has 0 heterocycles. The molecule has 84 valence electrons. The molecule has 16 heavy (non-hydrogen) atoms. The van der Waals surface area contributed by atoms with Crippen LogP contribution in [0, 0.1) is 28.9 Å². The highest BCUT2D eigenvalue weighted by molar-refractivity contribution is 5.94. The van der Waals surface area contributed by atoms with E-state index in [4.69, 9.17) is 5.26 Å². The minimum Gasteiger partial charge on any atom is -0.351 e. The second-order valence-corrected chi connectivity index (χ2v) is 3.36. The van der Waals surface area contributed by atoms with Gasteiger partial charge in [0.15, 0.2) is 0 Å². The van der Waals surface area contributed by atoms with Crippen LogP contribution in [0.2, 0.25) is 0 Å². The van der Waals surface area contributed by atoms with Crippen molar-refractivity contribution in [2.45, 2.75) is 6.92 Å². The number of hydrogen-bond donors (Lipinski definition) is 1. The van der Waals surface area contributed by atoms with Gasteiger partial charge in [0, 0.05) is 12.6 Å². The monoisotopic (exact) mass is 224 g/mol. The molecule has 1 unspecified atom stereocenters. The zero-order chi connectivity index (χ0) is 12.1. The Hall–Kier alpha value is -1.96. The molecule has 0 aromatic heterocycles. The third-order valence-corrected chi connectivity index (χ3v) is 1.96. The van der Waals surface area contributed by atoms with E-state index in [0.717, 1.165) is 12.1 Å². The molecule has 0 saturated carbocycles. The van der Waals surface area contributed by atoms with Crippen molar-refractivity contribution in [1.82, 2.24) is 5.32 Å². The first kappa shape index (κ1) is 12.1. The van der Waals surface area contributed by atoms with Crippen LogP contribution in [0.4, 0.5) is 8.78 Å². The van der Waals surface area contributed by atoms with Crippen molar-refractivity contribution in [3.63, 3.8) is 0 Å². The van der Waals surface area contributed by atoms with Crippen molar-refractivity contribution in [3.05, 3.63) is 35.4 Å².